The molecule has 0 spiro atoms. The lowest BCUT2D eigenvalue weighted by atomic mass is 9.82. The molecular formula is C18H34N4O. The number of urea groups is 1. The molecule has 2 atom stereocenters. The molecule has 2 aliphatic heterocycles. The quantitative estimate of drug-likeness (QED) is 0.785. The number of hydrogen-bond donors (Lipinski definition) is 1. The van der Waals surface area contributed by atoms with Crippen molar-refractivity contribution < 1.29 is 4.79 Å². The molecule has 1 aliphatic carbocycles. The zero-order valence-corrected chi connectivity index (χ0v) is 14.8. The summed E-state index contributed by atoms with van der Waals surface area (Å²) in [5.41, 5.74) is 0. The predicted octanol–water partition coefficient (Wildman–Crippen LogP) is 1.85. The normalized spacial score (nSPS) is 29.5. The summed E-state index contributed by atoms with van der Waals surface area (Å²) in [6, 6.07) is 0.180. The fourth-order valence-electron chi connectivity index (χ4n) is 4.41. The summed E-state index contributed by atoms with van der Waals surface area (Å²) < 4.78 is 0. The lowest BCUT2D eigenvalue weighted by molar-refractivity contribution is 0.152. The van der Waals surface area contributed by atoms with Crippen molar-refractivity contribution in [1.29, 1.82) is 0 Å². The highest BCUT2D eigenvalue weighted by atomic mass is 16.2. The number of amides is 2. The van der Waals surface area contributed by atoms with Gasteiger partial charge in [-0.25, -0.2) is 4.79 Å². The molecule has 0 unspecified atom stereocenters. The van der Waals surface area contributed by atoms with Gasteiger partial charge in [0.1, 0.15) is 0 Å². The van der Waals surface area contributed by atoms with E-state index in [2.05, 4.69) is 27.1 Å². The lowest BCUT2D eigenvalue weighted by Crippen LogP contribution is -2.44. The van der Waals surface area contributed by atoms with Crippen LogP contribution in [0.2, 0.25) is 0 Å². The van der Waals surface area contributed by atoms with Crippen molar-refractivity contribution >= 4 is 6.03 Å². The van der Waals surface area contributed by atoms with E-state index in [1.165, 1.54) is 64.8 Å². The van der Waals surface area contributed by atoms with Crippen molar-refractivity contribution in [2.45, 2.75) is 38.5 Å². The minimum atomic E-state index is 0.180. The van der Waals surface area contributed by atoms with Crippen LogP contribution in [0.3, 0.4) is 0 Å². The van der Waals surface area contributed by atoms with Crippen LogP contribution in [0.1, 0.15) is 38.5 Å². The monoisotopic (exact) mass is 322 g/mol. The molecule has 0 aromatic heterocycles. The van der Waals surface area contributed by atoms with E-state index in [4.69, 9.17) is 0 Å². The van der Waals surface area contributed by atoms with Crippen molar-refractivity contribution in [3.8, 4) is 0 Å². The average molecular weight is 322 g/mol. The molecule has 3 fully saturated rings. The van der Waals surface area contributed by atoms with E-state index in [1.807, 2.05) is 0 Å². The smallest absolute Gasteiger partial charge is 0.317 e. The van der Waals surface area contributed by atoms with Crippen LogP contribution in [0.25, 0.3) is 0 Å². The molecule has 0 bridgehead atoms. The first-order valence-electron chi connectivity index (χ1n) is 9.66. The fourth-order valence-corrected chi connectivity index (χ4v) is 4.41. The molecule has 132 valence electrons. The number of rotatable bonds is 5. The number of unbranched alkanes of at least 4 members (excludes halogenated alkanes) is 1. The van der Waals surface area contributed by atoms with Gasteiger partial charge in [0.25, 0.3) is 0 Å². The molecule has 2 amide bonds. The maximum absolute atomic E-state index is 12.3. The Morgan fingerprint density at radius 2 is 1.65 bits per heavy atom. The molecule has 0 aromatic rings. The molecule has 3 rings (SSSR count). The Morgan fingerprint density at radius 3 is 2.30 bits per heavy atom. The largest absolute Gasteiger partial charge is 0.338 e. The standard InChI is InChI=1S/C18H34N4O/c1-20-10-12-21(13-11-20)9-5-4-8-19-18(23)22-14-16-6-2-3-7-17(16)15-22/h16-17H,2-15H2,1H3,(H,19,23)/t16-,17+. The Balaban J connectivity index is 1.25. The van der Waals surface area contributed by atoms with Crippen molar-refractivity contribution in [3.63, 3.8) is 0 Å². The summed E-state index contributed by atoms with van der Waals surface area (Å²) in [5, 5.41) is 3.14. The minimum absolute atomic E-state index is 0.180. The minimum Gasteiger partial charge on any atom is -0.338 e. The van der Waals surface area contributed by atoms with Gasteiger partial charge in [0, 0.05) is 45.8 Å². The second-order valence-corrected chi connectivity index (χ2v) is 7.79. The van der Waals surface area contributed by atoms with Crippen LogP contribution in [0.4, 0.5) is 4.79 Å². The highest BCUT2D eigenvalue weighted by molar-refractivity contribution is 5.74. The van der Waals surface area contributed by atoms with Gasteiger partial charge in [-0.05, 0) is 51.1 Å². The van der Waals surface area contributed by atoms with Crippen LogP contribution in [0, 0.1) is 11.8 Å². The van der Waals surface area contributed by atoms with Gasteiger partial charge in [-0.15, -0.1) is 0 Å². The van der Waals surface area contributed by atoms with Crippen molar-refractivity contribution in [2.75, 3.05) is 59.4 Å². The van der Waals surface area contributed by atoms with E-state index in [-0.39, 0.29) is 6.03 Å². The van der Waals surface area contributed by atoms with E-state index in [1.54, 1.807) is 0 Å². The zero-order chi connectivity index (χ0) is 16.1. The SMILES string of the molecule is CN1CCN(CCCCNC(=O)N2C[C@H]3CCCC[C@H]3C2)CC1. The van der Waals surface area contributed by atoms with Crippen LogP contribution in [-0.4, -0.2) is 80.1 Å². The van der Waals surface area contributed by atoms with Gasteiger partial charge in [-0.3, -0.25) is 0 Å². The van der Waals surface area contributed by atoms with Gasteiger partial charge in [-0.1, -0.05) is 12.8 Å². The van der Waals surface area contributed by atoms with Crippen LogP contribution in [-0.2, 0) is 0 Å². The summed E-state index contributed by atoms with van der Waals surface area (Å²) in [6.07, 6.45) is 7.68. The summed E-state index contributed by atoms with van der Waals surface area (Å²) in [7, 11) is 2.20. The highest BCUT2D eigenvalue weighted by Gasteiger charge is 2.36. The Bertz CT molecular complexity index is 367. The van der Waals surface area contributed by atoms with Crippen LogP contribution >= 0.6 is 0 Å². The summed E-state index contributed by atoms with van der Waals surface area (Å²) in [4.78, 5) is 19.3. The first-order valence-corrected chi connectivity index (χ1v) is 9.66. The summed E-state index contributed by atoms with van der Waals surface area (Å²) in [6.45, 7) is 8.77. The molecule has 2 saturated heterocycles. The third kappa shape index (κ3) is 4.83. The van der Waals surface area contributed by atoms with E-state index >= 15 is 0 Å². The molecule has 5 heteroatoms. The number of likely N-dealkylation sites (tertiary alicyclic amines) is 1. The number of carbonyl (C=O) groups is 1. The molecule has 23 heavy (non-hydrogen) atoms. The van der Waals surface area contributed by atoms with Gasteiger partial charge in [-0.2, -0.15) is 0 Å². The van der Waals surface area contributed by atoms with E-state index in [9.17, 15) is 4.79 Å². The maximum atomic E-state index is 12.3. The topological polar surface area (TPSA) is 38.8 Å². The van der Waals surface area contributed by atoms with Crippen LogP contribution in [0.15, 0.2) is 0 Å². The third-order valence-corrected chi connectivity index (χ3v) is 6.04. The molecule has 1 N–H and O–H groups in total. The van der Waals surface area contributed by atoms with Gasteiger partial charge in [0.05, 0.1) is 0 Å². The Hall–Kier alpha value is -0.810. The molecule has 2 heterocycles. The molecular weight excluding hydrogens is 288 g/mol. The molecule has 5 nitrogen and oxygen atoms in total. The van der Waals surface area contributed by atoms with Crippen molar-refractivity contribution in [2.24, 2.45) is 11.8 Å². The Morgan fingerprint density at radius 1 is 1.00 bits per heavy atom. The predicted molar refractivity (Wildman–Crippen MR) is 93.6 cm³/mol. The van der Waals surface area contributed by atoms with Crippen LogP contribution in [0.5, 0.6) is 0 Å². The maximum Gasteiger partial charge on any atom is 0.317 e. The summed E-state index contributed by atoms with van der Waals surface area (Å²) >= 11 is 0. The number of fused-ring (bicyclic) bond motifs is 1. The highest BCUT2D eigenvalue weighted by Crippen LogP contribution is 2.35. The number of carbonyl (C=O) groups excluding carboxylic acids is 1. The number of nitrogens with zero attached hydrogens (tertiary/aromatic N) is 3. The van der Waals surface area contributed by atoms with Gasteiger partial charge in [0.15, 0.2) is 0 Å². The first kappa shape index (κ1) is 17.0. The van der Waals surface area contributed by atoms with E-state index in [0.717, 1.165) is 37.9 Å². The van der Waals surface area contributed by atoms with Gasteiger partial charge >= 0.3 is 6.03 Å². The number of hydrogen-bond acceptors (Lipinski definition) is 3. The summed E-state index contributed by atoms with van der Waals surface area (Å²) in [5.74, 6) is 1.57. The second-order valence-electron chi connectivity index (χ2n) is 7.79. The fraction of sp³-hybridized carbons (Fsp3) is 0.944. The molecule has 0 radical (unpaired) electrons. The van der Waals surface area contributed by atoms with Gasteiger partial charge in [0.2, 0.25) is 0 Å². The third-order valence-electron chi connectivity index (χ3n) is 6.04. The number of likely N-dealkylation sites (N-methyl/N-ethyl adjacent to an activating group) is 1. The molecule has 1 saturated carbocycles. The Labute approximate surface area is 141 Å². The second kappa shape index (κ2) is 8.34. The van der Waals surface area contributed by atoms with E-state index in [0.29, 0.717) is 0 Å². The van der Waals surface area contributed by atoms with Crippen molar-refractivity contribution in [3.05, 3.63) is 0 Å². The lowest BCUT2D eigenvalue weighted by Gasteiger charge is -2.32. The molecule has 0 aromatic carbocycles. The van der Waals surface area contributed by atoms with Gasteiger partial charge < -0.3 is 20.0 Å². The first-order chi connectivity index (χ1) is 11.2. The number of piperazine rings is 1. The average Bonchev–Trinajstić information content (AvgIpc) is 3.00. The zero-order valence-electron chi connectivity index (χ0n) is 14.8. The van der Waals surface area contributed by atoms with Crippen molar-refractivity contribution in [1.82, 2.24) is 20.0 Å². The number of nitrogens with one attached hydrogen (secondary N) is 1. The van der Waals surface area contributed by atoms with Crippen LogP contribution < -0.4 is 5.32 Å². The Kier molecular flexibility index (Phi) is 6.17. The molecule has 3 aliphatic rings. The van der Waals surface area contributed by atoms with E-state index < -0.39 is 0 Å².